The van der Waals surface area contributed by atoms with Gasteiger partial charge in [0.05, 0.1) is 17.4 Å². The van der Waals surface area contributed by atoms with E-state index in [0.717, 1.165) is 34.6 Å². The molecule has 1 atom stereocenters. The van der Waals surface area contributed by atoms with Crippen molar-refractivity contribution in [3.63, 3.8) is 0 Å². The summed E-state index contributed by atoms with van der Waals surface area (Å²) in [7, 11) is 0. The Labute approximate surface area is 217 Å². The van der Waals surface area contributed by atoms with E-state index in [1.165, 1.54) is 24.5 Å². The van der Waals surface area contributed by atoms with E-state index in [-0.39, 0.29) is 24.1 Å². The highest BCUT2D eigenvalue weighted by Crippen LogP contribution is 2.31. The molecule has 3 aromatic carbocycles. The number of aryl methyl sites for hydroxylation is 2. The molecule has 1 aliphatic rings. The minimum atomic E-state index is -0.379. The van der Waals surface area contributed by atoms with Crippen molar-refractivity contribution in [2.75, 3.05) is 6.54 Å². The lowest BCUT2D eigenvalue weighted by atomic mass is 9.94. The lowest BCUT2D eigenvalue weighted by Crippen LogP contribution is -2.25. The number of rotatable bonds is 10. The normalized spacial score (nSPS) is 14.1. The zero-order valence-electron chi connectivity index (χ0n) is 21.4. The second-order valence-corrected chi connectivity index (χ2v) is 10.1. The van der Waals surface area contributed by atoms with Crippen molar-refractivity contribution in [2.24, 2.45) is 11.7 Å². The van der Waals surface area contributed by atoms with Crippen LogP contribution in [0.25, 0.3) is 5.69 Å². The van der Waals surface area contributed by atoms with Crippen LogP contribution >= 0.6 is 0 Å². The molecular formula is C31H33FN4O. The summed E-state index contributed by atoms with van der Waals surface area (Å²) >= 11 is 0. The van der Waals surface area contributed by atoms with E-state index in [2.05, 4.69) is 35.5 Å². The molecule has 0 aliphatic heterocycles. The van der Waals surface area contributed by atoms with E-state index in [1.54, 1.807) is 10.7 Å². The number of halogens is 1. The number of hydrogen-bond donors (Lipinski definition) is 2. The molecule has 0 spiro atoms. The van der Waals surface area contributed by atoms with Gasteiger partial charge in [0.25, 0.3) is 0 Å². The zero-order chi connectivity index (χ0) is 25.9. The number of hydrogen-bond acceptors (Lipinski definition) is 4. The van der Waals surface area contributed by atoms with E-state index < -0.39 is 0 Å². The lowest BCUT2D eigenvalue weighted by Gasteiger charge is -2.21. The van der Waals surface area contributed by atoms with E-state index in [9.17, 15) is 4.79 Å². The number of benzene rings is 3. The Morgan fingerprint density at radius 3 is 2.59 bits per heavy atom. The molecule has 4 aromatic rings. The second-order valence-electron chi connectivity index (χ2n) is 10.1. The van der Waals surface area contributed by atoms with Crippen molar-refractivity contribution in [3.05, 3.63) is 118 Å². The summed E-state index contributed by atoms with van der Waals surface area (Å²) in [6.07, 6.45) is 2.44. The number of nitrogens with two attached hydrogens (primary N) is 1. The van der Waals surface area contributed by atoms with Gasteiger partial charge >= 0.3 is 0 Å². The highest BCUT2D eigenvalue weighted by molar-refractivity contribution is 5.96. The minimum absolute atomic E-state index is 0.0510. The highest BCUT2D eigenvalue weighted by atomic mass is 19.1. The molecule has 5 nitrogen and oxygen atoms in total. The van der Waals surface area contributed by atoms with Gasteiger partial charge in [0, 0.05) is 13.0 Å². The maximum absolute atomic E-state index is 15.0. The molecule has 1 heterocycles. The Bertz CT molecular complexity index is 1420. The van der Waals surface area contributed by atoms with E-state index in [1.807, 2.05) is 49.4 Å². The lowest BCUT2D eigenvalue weighted by molar-refractivity contribution is 0.0984. The van der Waals surface area contributed by atoms with Gasteiger partial charge in [-0.15, -0.1) is 0 Å². The molecule has 190 valence electrons. The van der Waals surface area contributed by atoms with Gasteiger partial charge < -0.3 is 11.1 Å². The van der Waals surface area contributed by atoms with Crippen molar-refractivity contribution in [1.29, 1.82) is 0 Å². The predicted octanol–water partition coefficient (Wildman–Crippen LogP) is 5.60. The summed E-state index contributed by atoms with van der Waals surface area (Å²) in [4.78, 5) is 13.5. The molecule has 0 amide bonds. The van der Waals surface area contributed by atoms with E-state index >= 15 is 4.39 Å². The molecule has 3 N–H and O–H groups in total. The largest absolute Gasteiger partial charge is 0.326 e. The van der Waals surface area contributed by atoms with Gasteiger partial charge in [0.15, 0.2) is 5.78 Å². The number of nitrogens with one attached hydrogen (secondary N) is 1. The fourth-order valence-electron chi connectivity index (χ4n) is 4.77. The number of carbonyl (C=O) groups is 1. The molecule has 1 saturated carbocycles. The average molecular weight is 497 g/mol. The predicted molar refractivity (Wildman–Crippen MR) is 144 cm³/mol. The van der Waals surface area contributed by atoms with Crippen molar-refractivity contribution in [2.45, 2.75) is 45.7 Å². The number of nitrogens with zero attached hydrogens (tertiary/aromatic N) is 2. The van der Waals surface area contributed by atoms with Crippen molar-refractivity contribution < 1.29 is 9.18 Å². The van der Waals surface area contributed by atoms with Gasteiger partial charge in [-0.2, -0.15) is 5.10 Å². The average Bonchev–Trinajstić information content (AvgIpc) is 3.64. The number of Topliss-reactive ketones (excluding diaryl/α,β-unsaturated/α-hetero) is 1. The third-order valence-corrected chi connectivity index (χ3v) is 6.95. The first-order valence-corrected chi connectivity index (χ1v) is 12.9. The topological polar surface area (TPSA) is 72.9 Å². The van der Waals surface area contributed by atoms with Crippen molar-refractivity contribution in [1.82, 2.24) is 15.1 Å². The molecule has 6 heteroatoms. The Balaban J connectivity index is 1.44. The Hall–Kier alpha value is -3.61. The van der Waals surface area contributed by atoms with Gasteiger partial charge in [0.1, 0.15) is 11.5 Å². The van der Waals surface area contributed by atoms with Crippen LogP contribution in [-0.2, 0) is 13.0 Å². The molecular weight excluding hydrogens is 463 g/mol. The summed E-state index contributed by atoms with van der Waals surface area (Å²) in [5.41, 5.74) is 12.3. The summed E-state index contributed by atoms with van der Waals surface area (Å²) in [5.74, 6) is 0.137. The number of aromatic nitrogens is 2. The first-order chi connectivity index (χ1) is 17.9. The molecule has 1 fully saturated rings. The molecule has 5 rings (SSSR count). The van der Waals surface area contributed by atoms with Gasteiger partial charge in [0.2, 0.25) is 0 Å². The molecule has 0 radical (unpaired) electrons. The number of carbonyl (C=O) groups excluding carboxylic acids is 1. The SMILES string of the molecule is Cc1cccc([C@@H](NCC2CC2)c2ccc(F)c(CC(=O)c3cc(C)nn3-c3cccc(CN)c3)c2)c1. The van der Waals surface area contributed by atoms with E-state index in [0.29, 0.717) is 23.7 Å². The summed E-state index contributed by atoms with van der Waals surface area (Å²) < 4.78 is 16.6. The Morgan fingerprint density at radius 1 is 1.05 bits per heavy atom. The fraction of sp³-hybridized carbons (Fsp3) is 0.290. The maximum atomic E-state index is 15.0. The Morgan fingerprint density at radius 2 is 1.84 bits per heavy atom. The van der Waals surface area contributed by atoms with Gasteiger partial charge in [-0.1, -0.05) is 54.1 Å². The fourth-order valence-corrected chi connectivity index (χ4v) is 4.77. The standard InChI is InChI=1S/C31H33FN4O/c1-20-5-3-7-24(13-20)31(34-19-22-9-10-22)25-11-12-28(32)26(16-25)17-30(37)29-14-21(2)35-36(29)27-8-4-6-23(15-27)18-33/h3-8,11-16,22,31,34H,9-10,17-19,33H2,1-2H3/t31-/m1/s1. The van der Waals surface area contributed by atoms with Crippen LogP contribution < -0.4 is 11.1 Å². The molecule has 37 heavy (non-hydrogen) atoms. The van der Waals surface area contributed by atoms with Gasteiger partial charge in [-0.05, 0) is 85.7 Å². The van der Waals surface area contributed by atoms with Crippen LogP contribution in [0.4, 0.5) is 4.39 Å². The van der Waals surface area contributed by atoms with Crippen molar-refractivity contribution >= 4 is 5.78 Å². The summed E-state index contributed by atoms with van der Waals surface area (Å²) in [6.45, 7) is 5.24. The first-order valence-electron chi connectivity index (χ1n) is 12.9. The van der Waals surface area contributed by atoms with Gasteiger partial charge in [-0.3, -0.25) is 4.79 Å². The number of ketones is 1. The van der Waals surface area contributed by atoms with Gasteiger partial charge in [-0.25, -0.2) is 9.07 Å². The van der Waals surface area contributed by atoms with Crippen LogP contribution in [0.3, 0.4) is 0 Å². The van der Waals surface area contributed by atoms with Crippen LogP contribution in [0, 0.1) is 25.6 Å². The van der Waals surface area contributed by atoms with Crippen LogP contribution in [0.5, 0.6) is 0 Å². The monoisotopic (exact) mass is 496 g/mol. The van der Waals surface area contributed by atoms with Crippen LogP contribution in [-0.4, -0.2) is 22.1 Å². The highest BCUT2D eigenvalue weighted by Gasteiger charge is 2.24. The maximum Gasteiger partial charge on any atom is 0.185 e. The summed E-state index contributed by atoms with van der Waals surface area (Å²) in [6, 6.07) is 22.8. The molecule has 0 bridgehead atoms. The third kappa shape index (κ3) is 5.87. The second kappa shape index (κ2) is 10.8. The zero-order valence-corrected chi connectivity index (χ0v) is 21.4. The molecule has 0 unspecified atom stereocenters. The molecule has 1 aromatic heterocycles. The first kappa shape index (κ1) is 25.1. The summed E-state index contributed by atoms with van der Waals surface area (Å²) in [5, 5.41) is 8.22. The third-order valence-electron chi connectivity index (χ3n) is 6.95. The quantitative estimate of drug-likeness (QED) is 0.280. The van der Waals surface area contributed by atoms with Crippen LogP contribution in [0.15, 0.2) is 72.8 Å². The van der Waals surface area contributed by atoms with Crippen LogP contribution in [0.2, 0.25) is 0 Å². The smallest absolute Gasteiger partial charge is 0.185 e. The molecule has 0 saturated heterocycles. The van der Waals surface area contributed by atoms with Crippen LogP contribution in [0.1, 0.15) is 62.9 Å². The van der Waals surface area contributed by atoms with Crippen molar-refractivity contribution in [3.8, 4) is 5.69 Å². The minimum Gasteiger partial charge on any atom is -0.326 e. The molecule has 1 aliphatic carbocycles. The van der Waals surface area contributed by atoms with E-state index in [4.69, 9.17) is 5.73 Å². The Kier molecular flexibility index (Phi) is 7.31.